The second kappa shape index (κ2) is 10.9. The van der Waals surface area contributed by atoms with Crippen LogP contribution in [0.4, 0.5) is 11.4 Å². The third kappa shape index (κ3) is 7.10. The summed E-state index contributed by atoms with van der Waals surface area (Å²) in [5.41, 5.74) is 5.90. The van der Waals surface area contributed by atoms with Crippen molar-refractivity contribution in [3.8, 4) is 0 Å². The van der Waals surface area contributed by atoms with E-state index in [-0.39, 0.29) is 6.54 Å². The Balaban J connectivity index is 2.03. The van der Waals surface area contributed by atoms with Gasteiger partial charge in [-0.2, -0.15) is 5.10 Å². The maximum Gasteiger partial charge on any atom is 0.260 e. The molecule has 2 aromatic carbocycles. The van der Waals surface area contributed by atoms with Crippen molar-refractivity contribution in [1.82, 2.24) is 5.43 Å². The van der Waals surface area contributed by atoms with Gasteiger partial charge in [0.05, 0.1) is 18.2 Å². The predicted octanol–water partition coefficient (Wildman–Crippen LogP) is 3.57. The number of hydrazone groups is 1. The van der Waals surface area contributed by atoms with Crippen molar-refractivity contribution in [2.24, 2.45) is 5.10 Å². The van der Waals surface area contributed by atoms with Gasteiger partial charge in [-0.1, -0.05) is 38.1 Å². The Labute approximate surface area is 185 Å². The van der Waals surface area contributed by atoms with Crippen LogP contribution in [0.15, 0.2) is 53.6 Å². The summed E-state index contributed by atoms with van der Waals surface area (Å²) in [5.74, 6) is -0.186. The Morgan fingerprint density at radius 3 is 2.03 bits per heavy atom. The van der Waals surface area contributed by atoms with Gasteiger partial charge in [-0.25, -0.2) is 13.8 Å². The largest absolute Gasteiger partial charge is 0.372 e. The highest BCUT2D eigenvalue weighted by Crippen LogP contribution is 2.21. The van der Waals surface area contributed by atoms with Crippen LogP contribution in [0.5, 0.6) is 0 Å². The van der Waals surface area contributed by atoms with Crippen molar-refractivity contribution in [3.63, 3.8) is 0 Å². The monoisotopic (exact) mass is 444 g/mol. The van der Waals surface area contributed by atoms with Crippen molar-refractivity contribution in [1.29, 1.82) is 0 Å². The molecule has 0 aliphatic heterocycles. The van der Waals surface area contributed by atoms with Gasteiger partial charge in [0.2, 0.25) is 10.0 Å². The molecular formula is C23H32N4O3S. The summed E-state index contributed by atoms with van der Waals surface area (Å²) in [6.07, 6.45) is 2.61. The highest BCUT2D eigenvalue weighted by molar-refractivity contribution is 7.92. The first-order chi connectivity index (χ1) is 14.7. The van der Waals surface area contributed by atoms with Crippen molar-refractivity contribution in [2.75, 3.05) is 35.1 Å². The van der Waals surface area contributed by atoms with Crippen LogP contribution in [-0.4, -0.2) is 46.4 Å². The minimum atomic E-state index is -3.63. The van der Waals surface area contributed by atoms with Crippen LogP contribution < -0.4 is 14.6 Å². The summed E-state index contributed by atoms with van der Waals surface area (Å²) >= 11 is 0. The zero-order chi connectivity index (χ0) is 23.0. The van der Waals surface area contributed by atoms with E-state index in [0.29, 0.717) is 11.6 Å². The van der Waals surface area contributed by atoms with Crippen LogP contribution >= 0.6 is 0 Å². The molecule has 0 bridgehead atoms. The lowest BCUT2D eigenvalue weighted by atomic mass is 10.0. The van der Waals surface area contributed by atoms with Gasteiger partial charge in [0.1, 0.15) is 6.54 Å². The van der Waals surface area contributed by atoms with Crippen molar-refractivity contribution in [3.05, 3.63) is 59.7 Å². The summed E-state index contributed by atoms with van der Waals surface area (Å²) in [7, 11) is -3.63. The van der Waals surface area contributed by atoms with Crippen molar-refractivity contribution < 1.29 is 13.2 Å². The molecule has 0 radical (unpaired) electrons. The first-order valence-corrected chi connectivity index (χ1v) is 12.2. The zero-order valence-corrected chi connectivity index (χ0v) is 19.7. The van der Waals surface area contributed by atoms with E-state index in [9.17, 15) is 13.2 Å². The second-order valence-electron chi connectivity index (χ2n) is 7.57. The fourth-order valence-corrected chi connectivity index (χ4v) is 3.99. The first kappa shape index (κ1) is 24.4. The maximum absolute atomic E-state index is 12.3. The average Bonchev–Trinajstić information content (AvgIpc) is 2.73. The number of hydrogen-bond donors (Lipinski definition) is 1. The van der Waals surface area contributed by atoms with Gasteiger partial charge in [0, 0.05) is 18.8 Å². The molecule has 0 aromatic heterocycles. The van der Waals surface area contributed by atoms with Crippen LogP contribution in [0, 0.1) is 0 Å². The number of nitrogens with one attached hydrogen (secondary N) is 1. The molecule has 2 rings (SSSR count). The number of rotatable bonds is 10. The molecule has 8 heteroatoms. The SMILES string of the molecule is CCN(CC)c1ccc(/C=N\NC(=O)CN(c2ccc(C(C)C)cc2)S(C)(=O)=O)cc1. The number of sulfonamides is 1. The lowest BCUT2D eigenvalue weighted by Gasteiger charge is -2.22. The molecule has 0 heterocycles. The van der Waals surface area contributed by atoms with Gasteiger partial charge in [-0.3, -0.25) is 9.10 Å². The lowest BCUT2D eigenvalue weighted by Crippen LogP contribution is -2.39. The highest BCUT2D eigenvalue weighted by atomic mass is 32.2. The van der Waals surface area contributed by atoms with Gasteiger partial charge in [-0.05, 0) is 55.2 Å². The van der Waals surface area contributed by atoms with E-state index in [1.807, 2.05) is 36.4 Å². The van der Waals surface area contributed by atoms with Crippen LogP contribution in [0.1, 0.15) is 44.7 Å². The lowest BCUT2D eigenvalue weighted by molar-refractivity contribution is -0.119. The molecule has 168 valence electrons. The molecule has 0 saturated heterocycles. The molecule has 31 heavy (non-hydrogen) atoms. The molecule has 0 unspecified atom stereocenters. The zero-order valence-electron chi connectivity index (χ0n) is 18.9. The molecule has 0 aliphatic carbocycles. The van der Waals surface area contributed by atoms with E-state index < -0.39 is 15.9 Å². The number of benzene rings is 2. The molecular weight excluding hydrogens is 412 g/mol. The third-order valence-corrected chi connectivity index (χ3v) is 6.10. The molecule has 0 aliphatic rings. The smallest absolute Gasteiger partial charge is 0.260 e. The summed E-state index contributed by atoms with van der Waals surface area (Å²) in [4.78, 5) is 14.6. The van der Waals surface area contributed by atoms with Crippen LogP contribution in [0.3, 0.4) is 0 Å². The second-order valence-corrected chi connectivity index (χ2v) is 9.48. The van der Waals surface area contributed by atoms with Crippen LogP contribution in [-0.2, 0) is 14.8 Å². The maximum atomic E-state index is 12.3. The Hall–Kier alpha value is -2.87. The predicted molar refractivity (Wildman–Crippen MR) is 128 cm³/mol. The molecule has 7 nitrogen and oxygen atoms in total. The van der Waals surface area contributed by atoms with E-state index in [4.69, 9.17) is 0 Å². The average molecular weight is 445 g/mol. The molecule has 1 N–H and O–H groups in total. The summed E-state index contributed by atoms with van der Waals surface area (Å²) in [6, 6.07) is 15.0. The van der Waals surface area contributed by atoms with Crippen molar-refractivity contribution >= 4 is 33.5 Å². The number of nitrogens with zero attached hydrogens (tertiary/aromatic N) is 3. The normalized spacial score (nSPS) is 11.7. The third-order valence-electron chi connectivity index (χ3n) is 4.96. The van der Waals surface area contributed by atoms with E-state index in [2.05, 4.69) is 43.1 Å². The van der Waals surface area contributed by atoms with Gasteiger partial charge >= 0.3 is 0 Å². The molecule has 1 amide bonds. The minimum Gasteiger partial charge on any atom is -0.372 e. The summed E-state index contributed by atoms with van der Waals surface area (Å²) in [6.45, 7) is 9.84. The number of carbonyl (C=O) groups is 1. The van der Waals surface area contributed by atoms with E-state index >= 15 is 0 Å². The number of amides is 1. The minimum absolute atomic E-state index is 0.333. The molecule has 0 saturated carbocycles. The molecule has 0 spiro atoms. The summed E-state index contributed by atoms with van der Waals surface area (Å²) < 4.78 is 25.5. The van der Waals surface area contributed by atoms with E-state index in [0.717, 1.165) is 40.5 Å². The van der Waals surface area contributed by atoms with Gasteiger partial charge in [0.25, 0.3) is 5.91 Å². The molecule has 0 fully saturated rings. The quantitative estimate of drug-likeness (QED) is 0.449. The van der Waals surface area contributed by atoms with E-state index in [1.165, 1.54) is 6.21 Å². The Kier molecular flexibility index (Phi) is 8.62. The fraction of sp³-hybridized carbons (Fsp3) is 0.391. The Bertz CT molecular complexity index is 980. The van der Waals surface area contributed by atoms with E-state index in [1.54, 1.807) is 12.1 Å². The van der Waals surface area contributed by atoms with Crippen molar-refractivity contribution in [2.45, 2.75) is 33.6 Å². The highest BCUT2D eigenvalue weighted by Gasteiger charge is 2.20. The summed E-state index contributed by atoms with van der Waals surface area (Å²) in [5, 5.41) is 3.96. The topological polar surface area (TPSA) is 82.1 Å². The van der Waals surface area contributed by atoms with Gasteiger partial charge in [-0.15, -0.1) is 0 Å². The fourth-order valence-electron chi connectivity index (χ4n) is 3.13. The molecule has 0 atom stereocenters. The van der Waals surface area contributed by atoms with Gasteiger partial charge in [0.15, 0.2) is 0 Å². The first-order valence-electron chi connectivity index (χ1n) is 10.4. The molecule has 2 aromatic rings. The van der Waals surface area contributed by atoms with Crippen LogP contribution in [0.2, 0.25) is 0 Å². The van der Waals surface area contributed by atoms with Crippen LogP contribution in [0.25, 0.3) is 0 Å². The van der Waals surface area contributed by atoms with Gasteiger partial charge < -0.3 is 4.90 Å². The Morgan fingerprint density at radius 1 is 1.00 bits per heavy atom. The number of anilines is 2. The number of carbonyl (C=O) groups excluding carboxylic acids is 1. The number of hydrogen-bond acceptors (Lipinski definition) is 5. The standard InChI is InChI=1S/C23H32N4O3S/c1-6-26(7-2)21-12-8-19(9-13-21)16-24-25-23(28)17-27(31(5,29)30)22-14-10-20(11-15-22)18(3)4/h8-16,18H,6-7,17H2,1-5H3,(H,25,28)/b24-16-. The Morgan fingerprint density at radius 2 is 1.55 bits per heavy atom.